The second kappa shape index (κ2) is 1.47. The van der Waals surface area contributed by atoms with Crippen molar-refractivity contribution in [1.29, 1.82) is 0 Å². The number of aromatic amines is 1. The molecule has 1 aliphatic carbocycles. The minimum absolute atomic E-state index is 0.591. The Morgan fingerprint density at radius 1 is 1.55 bits per heavy atom. The van der Waals surface area contributed by atoms with Gasteiger partial charge in [0.1, 0.15) is 5.82 Å². The number of aryl methyl sites for hydroxylation is 1. The van der Waals surface area contributed by atoms with E-state index in [-0.39, 0.29) is 0 Å². The second-order valence-corrected chi connectivity index (χ2v) is 3.14. The Bertz CT molecular complexity index is 382. The first-order valence-corrected chi connectivity index (χ1v) is 3.80. The number of aromatic nitrogens is 1. The molecule has 0 saturated heterocycles. The van der Waals surface area contributed by atoms with Gasteiger partial charge in [0.2, 0.25) is 0 Å². The average Bonchev–Trinajstić information content (AvgIpc) is 2.71. The summed E-state index contributed by atoms with van der Waals surface area (Å²) in [6.07, 6.45) is 6.22. The van der Waals surface area contributed by atoms with E-state index in [1.165, 1.54) is 16.7 Å². The van der Waals surface area contributed by atoms with Crippen LogP contribution in [0.2, 0.25) is 0 Å². The van der Waals surface area contributed by atoms with Crippen LogP contribution in [0, 0.1) is 6.92 Å². The molecule has 0 fully saturated rings. The molecule has 2 nitrogen and oxygen atoms in total. The summed E-state index contributed by atoms with van der Waals surface area (Å²) >= 11 is 0. The molecule has 0 unspecified atom stereocenters. The van der Waals surface area contributed by atoms with E-state index in [4.69, 9.17) is 0 Å². The van der Waals surface area contributed by atoms with Gasteiger partial charge >= 0.3 is 0 Å². The summed E-state index contributed by atoms with van der Waals surface area (Å²) in [6.45, 7) is 2.12. The zero-order chi connectivity index (χ0) is 7.42. The normalized spacial score (nSPS) is 24.1. The molecule has 2 heterocycles. The molecule has 1 N–H and O–H groups in total. The quantitative estimate of drug-likeness (QED) is 0.577. The smallest absolute Gasteiger partial charge is 0.134 e. The minimum atomic E-state index is 0.591. The van der Waals surface area contributed by atoms with Crippen molar-refractivity contribution in [3.8, 4) is 0 Å². The molecule has 11 heavy (non-hydrogen) atoms. The molecular formula is C9H8N2. The number of H-pyrrole nitrogens is 1. The number of aliphatic imine (C=N–C) groups is 1. The Labute approximate surface area is 64.7 Å². The third-order valence-corrected chi connectivity index (χ3v) is 2.37. The summed E-state index contributed by atoms with van der Waals surface area (Å²) in [7, 11) is 0. The number of allylic oxidation sites excluding steroid dienone is 2. The molecule has 0 spiro atoms. The Morgan fingerprint density at radius 3 is 3.36 bits per heavy atom. The van der Waals surface area contributed by atoms with Gasteiger partial charge in [-0.25, -0.2) is 4.99 Å². The Balaban J connectivity index is 2.29. The van der Waals surface area contributed by atoms with E-state index in [0.717, 1.165) is 5.82 Å². The van der Waals surface area contributed by atoms with E-state index in [0.29, 0.717) is 5.92 Å². The third kappa shape index (κ3) is 0.546. The first-order valence-electron chi connectivity index (χ1n) is 3.80. The van der Waals surface area contributed by atoms with Crippen molar-refractivity contribution in [3.05, 3.63) is 29.0 Å². The number of hydrogen-bond acceptors (Lipinski definition) is 1. The van der Waals surface area contributed by atoms with Crippen LogP contribution in [0.1, 0.15) is 17.0 Å². The van der Waals surface area contributed by atoms with Gasteiger partial charge in [0.15, 0.2) is 0 Å². The molecule has 0 bridgehead atoms. The molecule has 0 radical (unpaired) electrons. The van der Waals surface area contributed by atoms with Crippen LogP contribution in [-0.4, -0.2) is 11.2 Å². The molecule has 1 aromatic rings. The van der Waals surface area contributed by atoms with E-state index in [2.05, 4.69) is 23.0 Å². The second-order valence-electron chi connectivity index (χ2n) is 3.14. The number of fused-ring (bicyclic) bond motifs is 3. The van der Waals surface area contributed by atoms with E-state index >= 15 is 0 Å². The summed E-state index contributed by atoms with van der Waals surface area (Å²) in [6, 6.07) is 0. The Kier molecular flexibility index (Phi) is 0.716. The molecule has 0 amide bonds. The maximum Gasteiger partial charge on any atom is 0.134 e. The molecule has 0 saturated carbocycles. The summed E-state index contributed by atoms with van der Waals surface area (Å²) in [5.74, 6) is 1.64. The topological polar surface area (TPSA) is 28.1 Å². The fraction of sp³-hybridized carbons (Fsp3) is 0.222. The minimum Gasteiger partial charge on any atom is -0.346 e. The zero-order valence-electron chi connectivity index (χ0n) is 6.26. The van der Waals surface area contributed by atoms with Crippen LogP contribution in [0.3, 0.4) is 0 Å². The van der Waals surface area contributed by atoms with Crippen molar-refractivity contribution in [1.82, 2.24) is 4.98 Å². The lowest BCUT2D eigenvalue weighted by Gasteiger charge is -2.03. The van der Waals surface area contributed by atoms with Gasteiger partial charge in [0.25, 0.3) is 0 Å². The highest BCUT2D eigenvalue weighted by atomic mass is 14.9. The largest absolute Gasteiger partial charge is 0.346 e. The van der Waals surface area contributed by atoms with Crippen LogP contribution < -0.4 is 0 Å². The fourth-order valence-electron chi connectivity index (χ4n) is 1.68. The van der Waals surface area contributed by atoms with Crippen molar-refractivity contribution < 1.29 is 0 Å². The zero-order valence-corrected chi connectivity index (χ0v) is 6.26. The van der Waals surface area contributed by atoms with E-state index in [1.54, 1.807) is 0 Å². The van der Waals surface area contributed by atoms with Gasteiger partial charge in [0, 0.05) is 23.9 Å². The van der Waals surface area contributed by atoms with Gasteiger partial charge in [0.05, 0.1) is 0 Å². The van der Waals surface area contributed by atoms with Crippen LogP contribution in [0.25, 0.3) is 0 Å². The fourth-order valence-corrected chi connectivity index (χ4v) is 1.68. The molecular weight excluding hydrogens is 136 g/mol. The molecule has 1 aromatic heterocycles. The number of hydrogen-bond donors (Lipinski definition) is 1. The third-order valence-electron chi connectivity index (χ3n) is 2.37. The molecule has 2 heteroatoms. The van der Waals surface area contributed by atoms with Gasteiger partial charge in [-0.05, 0) is 18.1 Å². The van der Waals surface area contributed by atoms with Gasteiger partial charge in [-0.3, -0.25) is 0 Å². The van der Waals surface area contributed by atoms with E-state index in [1.807, 2.05) is 12.4 Å². The lowest BCUT2D eigenvalue weighted by atomic mass is 10.0. The summed E-state index contributed by atoms with van der Waals surface area (Å²) in [4.78, 5) is 7.44. The van der Waals surface area contributed by atoms with Crippen molar-refractivity contribution in [3.63, 3.8) is 0 Å². The first-order chi connectivity index (χ1) is 5.36. The molecule has 2 aliphatic rings. The molecule has 1 aliphatic heterocycles. The summed E-state index contributed by atoms with van der Waals surface area (Å²) in [5, 5.41) is 0. The van der Waals surface area contributed by atoms with Crippen molar-refractivity contribution in [2.24, 2.45) is 4.99 Å². The van der Waals surface area contributed by atoms with Crippen molar-refractivity contribution >= 4 is 12.0 Å². The first kappa shape index (κ1) is 5.35. The Hall–Kier alpha value is -1.31. The Morgan fingerprint density at radius 2 is 2.45 bits per heavy atom. The highest BCUT2D eigenvalue weighted by Crippen LogP contribution is 2.46. The monoisotopic (exact) mass is 144 g/mol. The van der Waals surface area contributed by atoms with Crippen LogP contribution in [-0.2, 0) is 0 Å². The van der Waals surface area contributed by atoms with E-state index in [9.17, 15) is 0 Å². The van der Waals surface area contributed by atoms with Crippen molar-refractivity contribution in [2.75, 3.05) is 0 Å². The number of rotatable bonds is 0. The summed E-state index contributed by atoms with van der Waals surface area (Å²) in [5.41, 5.74) is 4.08. The van der Waals surface area contributed by atoms with Crippen molar-refractivity contribution in [2.45, 2.75) is 12.8 Å². The summed E-state index contributed by atoms with van der Waals surface area (Å²) < 4.78 is 0. The van der Waals surface area contributed by atoms with Crippen LogP contribution in [0.4, 0.5) is 5.82 Å². The number of nitrogens with zero attached hydrogens (tertiary/aromatic N) is 1. The molecule has 1 atom stereocenters. The predicted octanol–water partition coefficient (Wildman–Crippen LogP) is 2.06. The van der Waals surface area contributed by atoms with Crippen LogP contribution >= 0.6 is 0 Å². The molecule has 54 valence electrons. The highest BCUT2D eigenvalue weighted by Gasteiger charge is 2.32. The standard InChI is InChI=1S/C9H8N2/c1-5-3-10-9-8(5)7-2-6(7)4-11-9/h2-4,7,10H,1H3/t7-/m1/s1. The predicted molar refractivity (Wildman–Crippen MR) is 44.5 cm³/mol. The molecule has 3 rings (SSSR count). The number of nitrogens with one attached hydrogen (secondary N) is 1. The average molecular weight is 144 g/mol. The van der Waals surface area contributed by atoms with Crippen LogP contribution in [0.15, 0.2) is 22.8 Å². The highest BCUT2D eigenvalue weighted by molar-refractivity contribution is 5.93. The van der Waals surface area contributed by atoms with E-state index < -0.39 is 0 Å². The lowest BCUT2D eigenvalue weighted by Crippen LogP contribution is -1.89. The lowest BCUT2D eigenvalue weighted by molar-refractivity contribution is 1.16. The van der Waals surface area contributed by atoms with Gasteiger partial charge in [-0.2, -0.15) is 0 Å². The SMILES string of the molecule is Cc1c[nH]c2c1[C@@H]1C=C1C=N2. The van der Waals surface area contributed by atoms with Gasteiger partial charge < -0.3 is 4.98 Å². The van der Waals surface area contributed by atoms with Gasteiger partial charge in [-0.15, -0.1) is 0 Å². The van der Waals surface area contributed by atoms with Gasteiger partial charge in [-0.1, -0.05) is 6.08 Å². The van der Waals surface area contributed by atoms with Crippen LogP contribution in [0.5, 0.6) is 0 Å². The maximum atomic E-state index is 4.29. The maximum absolute atomic E-state index is 4.29. The molecule has 0 aromatic carbocycles.